The van der Waals surface area contributed by atoms with Crippen molar-refractivity contribution in [3.8, 4) is 0 Å². The van der Waals surface area contributed by atoms with Crippen LogP contribution < -0.4 is 0 Å². The minimum Gasteiger partial charge on any atom is -0.364 e. The maximum atomic E-state index is 3.41. The van der Waals surface area contributed by atoms with E-state index in [4.69, 9.17) is 0 Å². The third-order valence-electron chi connectivity index (χ3n) is 2.84. The predicted octanol–water partition coefficient (Wildman–Crippen LogP) is 3.42. The number of fused-ring (bicyclic) bond motifs is 1. The summed E-state index contributed by atoms with van der Waals surface area (Å²) in [7, 11) is 0. The van der Waals surface area contributed by atoms with E-state index in [9.17, 15) is 0 Å². The number of hydrogen-bond acceptors (Lipinski definition) is 0. The molecule has 0 amide bonds. The average Bonchev–Trinajstić information content (AvgIpc) is 2.47. The smallest absolute Gasteiger partial charge is 0.0229 e. The molecule has 0 bridgehead atoms. The van der Waals surface area contributed by atoms with E-state index < -0.39 is 0 Å². The maximum absolute atomic E-state index is 3.41. The lowest BCUT2D eigenvalue weighted by Crippen LogP contribution is -2.03. The summed E-state index contributed by atoms with van der Waals surface area (Å²) in [5, 5.41) is 0. The summed E-state index contributed by atoms with van der Waals surface area (Å²) in [6.45, 7) is 6.81. The van der Waals surface area contributed by atoms with Crippen LogP contribution in [0.2, 0.25) is 0 Å². The van der Waals surface area contributed by atoms with Gasteiger partial charge in [0, 0.05) is 11.9 Å². The van der Waals surface area contributed by atoms with E-state index in [1.807, 2.05) is 0 Å². The summed E-state index contributed by atoms with van der Waals surface area (Å²) < 4.78 is 0. The van der Waals surface area contributed by atoms with Gasteiger partial charge in [0.2, 0.25) is 0 Å². The van der Waals surface area contributed by atoms with Gasteiger partial charge in [0.25, 0.3) is 0 Å². The molecule has 1 N–H and O–H groups in total. The second-order valence-electron chi connectivity index (χ2n) is 4.84. The molecule has 0 saturated carbocycles. The number of H-pyrrole nitrogens is 1. The third-order valence-corrected chi connectivity index (χ3v) is 2.84. The summed E-state index contributed by atoms with van der Waals surface area (Å²) in [5.41, 5.74) is 4.37. The number of allylic oxidation sites excluding steroid dienone is 1. The van der Waals surface area contributed by atoms with Gasteiger partial charge in [-0.3, -0.25) is 0 Å². The first-order valence-electron chi connectivity index (χ1n) is 5.54. The Bertz CT molecular complexity index is 344. The van der Waals surface area contributed by atoms with E-state index in [2.05, 4.69) is 44.1 Å². The van der Waals surface area contributed by atoms with Crippen molar-refractivity contribution in [2.45, 2.75) is 33.6 Å². The number of rotatable bonds is 2. The van der Waals surface area contributed by atoms with Crippen LogP contribution in [0.5, 0.6) is 0 Å². The third kappa shape index (κ3) is 1.77. The fourth-order valence-electron chi connectivity index (χ4n) is 2.16. The van der Waals surface area contributed by atoms with Gasteiger partial charge in [-0.2, -0.15) is 0 Å². The first kappa shape index (κ1) is 9.57. The summed E-state index contributed by atoms with van der Waals surface area (Å²) in [6, 6.07) is 0. The molecule has 0 saturated heterocycles. The molecule has 1 unspecified atom stereocenters. The molecule has 0 radical (unpaired) electrons. The highest BCUT2D eigenvalue weighted by atomic mass is 14.7. The molecule has 1 aliphatic rings. The predicted molar refractivity (Wildman–Crippen MR) is 61.2 cm³/mol. The van der Waals surface area contributed by atoms with Crippen LogP contribution in [0.3, 0.4) is 0 Å². The second-order valence-corrected chi connectivity index (χ2v) is 4.84. The van der Waals surface area contributed by atoms with Crippen LogP contribution in [-0.2, 0) is 12.8 Å². The Morgan fingerprint density at radius 3 is 3.00 bits per heavy atom. The van der Waals surface area contributed by atoms with Gasteiger partial charge < -0.3 is 4.98 Å². The van der Waals surface area contributed by atoms with Crippen molar-refractivity contribution >= 4 is 6.08 Å². The van der Waals surface area contributed by atoms with Crippen molar-refractivity contribution < 1.29 is 0 Å². The molecule has 1 heteroatoms. The van der Waals surface area contributed by atoms with Gasteiger partial charge in [-0.25, -0.2) is 0 Å². The van der Waals surface area contributed by atoms with Gasteiger partial charge in [-0.15, -0.1) is 0 Å². The highest BCUT2D eigenvalue weighted by Gasteiger charge is 2.15. The number of aromatic nitrogens is 1. The first-order valence-corrected chi connectivity index (χ1v) is 5.54. The van der Waals surface area contributed by atoms with E-state index >= 15 is 0 Å². The second kappa shape index (κ2) is 3.64. The fraction of sp³-hybridized carbons (Fsp3) is 0.538. The lowest BCUT2D eigenvalue weighted by molar-refractivity contribution is 0.646. The van der Waals surface area contributed by atoms with E-state index in [0.717, 1.165) is 5.92 Å². The number of hydrogen-bond donors (Lipinski definition) is 1. The molecule has 0 aromatic carbocycles. The summed E-state index contributed by atoms with van der Waals surface area (Å²) in [5.74, 6) is 1.43. The Kier molecular flexibility index (Phi) is 2.49. The van der Waals surface area contributed by atoms with Crippen LogP contribution in [0, 0.1) is 11.8 Å². The van der Waals surface area contributed by atoms with Crippen molar-refractivity contribution in [3.05, 3.63) is 29.1 Å². The Labute approximate surface area is 86.2 Å². The molecule has 1 heterocycles. The molecule has 0 fully saturated rings. The lowest BCUT2D eigenvalue weighted by Gasteiger charge is -2.13. The Balaban J connectivity index is 2.27. The van der Waals surface area contributed by atoms with E-state index in [0.29, 0.717) is 5.92 Å². The number of nitrogens with one attached hydrogen (secondary N) is 1. The molecule has 14 heavy (non-hydrogen) atoms. The van der Waals surface area contributed by atoms with Crippen molar-refractivity contribution in [2.75, 3.05) is 0 Å². The monoisotopic (exact) mass is 189 g/mol. The topological polar surface area (TPSA) is 15.8 Å². The van der Waals surface area contributed by atoms with Gasteiger partial charge in [0.05, 0.1) is 0 Å². The molecular formula is C13H19N. The fourth-order valence-corrected chi connectivity index (χ4v) is 2.16. The summed E-state index contributed by atoms with van der Waals surface area (Å²) >= 11 is 0. The van der Waals surface area contributed by atoms with Crippen molar-refractivity contribution in [3.63, 3.8) is 0 Å². The Hall–Kier alpha value is -0.980. The minimum absolute atomic E-state index is 0.688. The van der Waals surface area contributed by atoms with Crippen LogP contribution in [0.25, 0.3) is 6.08 Å². The standard InChI is InChI=1S/C13H19N/c1-9(2)6-11-8-14-13-7-10(3)4-5-12(11)13/h4-5,8-10,14H,6-7H2,1-3H3. The average molecular weight is 189 g/mol. The highest BCUT2D eigenvalue weighted by molar-refractivity contribution is 5.59. The molecule has 1 aliphatic carbocycles. The quantitative estimate of drug-likeness (QED) is 0.733. The Morgan fingerprint density at radius 1 is 1.50 bits per heavy atom. The molecule has 0 aliphatic heterocycles. The minimum atomic E-state index is 0.688. The van der Waals surface area contributed by atoms with Gasteiger partial charge in [0.15, 0.2) is 0 Å². The zero-order valence-corrected chi connectivity index (χ0v) is 9.30. The molecular weight excluding hydrogens is 170 g/mol. The van der Waals surface area contributed by atoms with Gasteiger partial charge in [-0.1, -0.05) is 32.9 Å². The molecule has 76 valence electrons. The Morgan fingerprint density at radius 2 is 2.29 bits per heavy atom. The van der Waals surface area contributed by atoms with Gasteiger partial charge in [-0.05, 0) is 35.8 Å². The number of aromatic amines is 1. The molecule has 1 atom stereocenters. The van der Waals surface area contributed by atoms with E-state index in [1.54, 1.807) is 0 Å². The SMILES string of the molecule is CC(C)Cc1c[nH]c2c1C=CC(C)C2. The molecule has 1 nitrogen and oxygen atoms in total. The van der Waals surface area contributed by atoms with Crippen LogP contribution in [-0.4, -0.2) is 4.98 Å². The maximum Gasteiger partial charge on any atom is 0.0229 e. The zero-order chi connectivity index (χ0) is 10.1. The van der Waals surface area contributed by atoms with Crippen LogP contribution in [0.4, 0.5) is 0 Å². The van der Waals surface area contributed by atoms with Crippen LogP contribution in [0.15, 0.2) is 12.3 Å². The zero-order valence-electron chi connectivity index (χ0n) is 9.30. The highest BCUT2D eigenvalue weighted by Crippen LogP contribution is 2.26. The van der Waals surface area contributed by atoms with Crippen LogP contribution in [0.1, 0.15) is 37.6 Å². The van der Waals surface area contributed by atoms with Crippen molar-refractivity contribution in [1.82, 2.24) is 4.98 Å². The van der Waals surface area contributed by atoms with Crippen molar-refractivity contribution in [2.24, 2.45) is 11.8 Å². The molecule has 1 aromatic rings. The summed E-state index contributed by atoms with van der Waals surface area (Å²) in [4.78, 5) is 3.41. The van der Waals surface area contributed by atoms with Gasteiger partial charge in [0.1, 0.15) is 0 Å². The van der Waals surface area contributed by atoms with Crippen LogP contribution >= 0.6 is 0 Å². The van der Waals surface area contributed by atoms with Gasteiger partial charge >= 0.3 is 0 Å². The largest absolute Gasteiger partial charge is 0.364 e. The molecule has 2 rings (SSSR count). The molecule has 0 spiro atoms. The van der Waals surface area contributed by atoms with E-state index in [-0.39, 0.29) is 0 Å². The summed E-state index contributed by atoms with van der Waals surface area (Å²) in [6.07, 6.45) is 9.15. The first-order chi connectivity index (χ1) is 6.66. The lowest BCUT2D eigenvalue weighted by atomic mass is 9.92. The molecule has 1 aromatic heterocycles. The van der Waals surface area contributed by atoms with Crippen molar-refractivity contribution in [1.29, 1.82) is 0 Å². The van der Waals surface area contributed by atoms with E-state index in [1.165, 1.54) is 29.7 Å². The normalized spacial score (nSPS) is 20.1.